The molecule has 0 saturated carbocycles. The van der Waals surface area contributed by atoms with Gasteiger partial charge >= 0.3 is 5.97 Å². The molecule has 0 N–H and O–H groups in total. The maximum Gasteiger partial charge on any atom is 0.302 e. The number of nitrogens with zero attached hydrogens (tertiary/aromatic N) is 2. The normalized spacial score (nSPS) is 15.2. The van der Waals surface area contributed by atoms with Crippen molar-refractivity contribution in [1.29, 1.82) is 5.26 Å². The van der Waals surface area contributed by atoms with E-state index in [4.69, 9.17) is 14.2 Å². The van der Waals surface area contributed by atoms with E-state index in [0.717, 1.165) is 11.3 Å². The van der Waals surface area contributed by atoms with E-state index in [1.807, 2.05) is 13.0 Å². The lowest BCUT2D eigenvalue weighted by atomic mass is 9.93. The largest absolute Gasteiger partial charge is 0.493 e. The van der Waals surface area contributed by atoms with Crippen LogP contribution in [0.5, 0.6) is 11.5 Å². The predicted octanol–water partition coefficient (Wildman–Crippen LogP) is 3.03. The van der Waals surface area contributed by atoms with Gasteiger partial charge in [-0.1, -0.05) is 13.0 Å². The van der Waals surface area contributed by atoms with Crippen molar-refractivity contribution in [3.63, 3.8) is 0 Å². The summed E-state index contributed by atoms with van der Waals surface area (Å²) >= 11 is 0. The van der Waals surface area contributed by atoms with Gasteiger partial charge < -0.3 is 14.2 Å². The smallest absolute Gasteiger partial charge is 0.302 e. The third kappa shape index (κ3) is 5.72. The number of benzene rings is 1. The molecule has 8 nitrogen and oxygen atoms in total. The molecule has 1 aromatic rings. The van der Waals surface area contributed by atoms with Crippen LogP contribution in [-0.4, -0.2) is 49.6 Å². The van der Waals surface area contributed by atoms with Crippen LogP contribution in [0.15, 0.2) is 34.9 Å². The molecule has 0 saturated heterocycles. The van der Waals surface area contributed by atoms with E-state index in [1.165, 1.54) is 14.0 Å². The Labute approximate surface area is 181 Å². The van der Waals surface area contributed by atoms with E-state index >= 15 is 0 Å². The molecule has 0 bridgehead atoms. The lowest BCUT2D eigenvalue weighted by Crippen LogP contribution is -2.43. The summed E-state index contributed by atoms with van der Waals surface area (Å²) in [7, 11) is 1.53. The topological polar surface area (TPSA) is 106 Å². The first-order valence-electron chi connectivity index (χ1n) is 9.97. The van der Waals surface area contributed by atoms with Crippen LogP contribution in [0.1, 0.15) is 39.2 Å². The summed E-state index contributed by atoms with van der Waals surface area (Å²) in [6, 6.07) is 7.15. The molecule has 2 rings (SSSR count). The number of methoxy groups -OCH3 is 1. The molecule has 1 heterocycles. The molecule has 0 spiro atoms. The molecular formula is C23H26N2O6. The van der Waals surface area contributed by atoms with E-state index in [-0.39, 0.29) is 30.7 Å². The van der Waals surface area contributed by atoms with Gasteiger partial charge in [0.05, 0.1) is 20.3 Å². The maximum absolute atomic E-state index is 13.0. The lowest BCUT2D eigenvalue weighted by molar-refractivity contribution is -0.141. The summed E-state index contributed by atoms with van der Waals surface area (Å²) in [5.74, 6) is -0.484. The zero-order chi connectivity index (χ0) is 23.0. The first-order chi connectivity index (χ1) is 14.8. The van der Waals surface area contributed by atoms with Gasteiger partial charge in [-0.3, -0.25) is 19.3 Å². The molecule has 0 aliphatic carbocycles. The van der Waals surface area contributed by atoms with Gasteiger partial charge in [-0.05, 0) is 49.1 Å². The van der Waals surface area contributed by atoms with Crippen LogP contribution in [-0.2, 0) is 19.1 Å². The minimum absolute atomic E-state index is 0.0356. The van der Waals surface area contributed by atoms with Gasteiger partial charge in [-0.25, -0.2) is 0 Å². The van der Waals surface area contributed by atoms with Gasteiger partial charge in [0.1, 0.15) is 11.6 Å². The molecule has 0 unspecified atom stereocenters. The molecule has 0 radical (unpaired) electrons. The molecule has 164 valence electrons. The average molecular weight is 426 g/mol. The fourth-order valence-corrected chi connectivity index (χ4v) is 3.04. The summed E-state index contributed by atoms with van der Waals surface area (Å²) in [5.41, 5.74) is 1.13. The molecular weight excluding hydrogens is 400 g/mol. The SMILES string of the molecule is CCCOc1ccc(/C=C2\C(=O)N(CCCOC(C)=O)C(=O)C(C#N)=C2C)cc1OC. The molecule has 0 fully saturated rings. The third-order valence-electron chi connectivity index (χ3n) is 4.62. The third-order valence-corrected chi connectivity index (χ3v) is 4.62. The van der Waals surface area contributed by atoms with Gasteiger partial charge in [-0.2, -0.15) is 5.26 Å². The highest BCUT2D eigenvalue weighted by atomic mass is 16.5. The van der Waals surface area contributed by atoms with Gasteiger partial charge in [0.15, 0.2) is 11.5 Å². The second-order valence-corrected chi connectivity index (χ2v) is 6.88. The van der Waals surface area contributed by atoms with Gasteiger partial charge in [0.25, 0.3) is 11.8 Å². The van der Waals surface area contributed by atoms with Crippen molar-refractivity contribution < 1.29 is 28.6 Å². The molecule has 1 aliphatic rings. The van der Waals surface area contributed by atoms with Crippen LogP contribution < -0.4 is 9.47 Å². The fourth-order valence-electron chi connectivity index (χ4n) is 3.04. The van der Waals surface area contributed by atoms with E-state index in [1.54, 1.807) is 31.2 Å². The Balaban J connectivity index is 2.36. The number of amides is 2. The number of carbonyl (C=O) groups excluding carboxylic acids is 3. The predicted molar refractivity (Wildman–Crippen MR) is 113 cm³/mol. The van der Waals surface area contributed by atoms with Crippen LogP contribution in [0.4, 0.5) is 0 Å². The van der Waals surface area contributed by atoms with Crippen molar-refractivity contribution in [2.75, 3.05) is 26.9 Å². The number of nitriles is 1. The second-order valence-electron chi connectivity index (χ2n) is 6.88. The Hall–Kier alpha value is -3.60. The van der Waals surface area contributed by atoms with Crippen LogP contribution in [0.3, 0.4) is 0 Å². The minimum Gasteiger partial charge on any atom is -0.493 e. The van der Waals surface area contributed by atoms with Crippen molar-refractivity contribution in [2.45, 2.75) is 33.6 Å². The number of ether oxygens (including phenoxy) is 3. The average Bonchev–Trinajstić information content (AvgIpc) is 2.75. The zero-order valence-corrected chi connectivity index (χ0v) is 18.2. The van der Waals surface area contributed by atoms with Crippen molar-refractivity contribution in [3.05, 3.63) is 40.5 Å². The van der Waals surface area contributed by atoms with Crippen LogP contribution in [0.25, 0.3) is 6.08 Å². The monoisotopic (exact) mass is 426 g/mol. The number of carbonyl (C=O) groups is 3. The zero-order valence-electron chi connectivity index (χ0n) is 18.2. The first kappa shape index (κ1) is 23.7. The molecule has 31 heavy (non-hydrogen) atoms. The molecule has 1 aromatic carbocycles. The number of rotatable bonds is 9. The minimum atomic E-state index is -0.647. The van der Waals surface area contributed by atoms with E-state index in [2.05, 4.69) is 0 Å². The Morgan fingerprint density at radius 2 is 1.94 bits per heavy atom. The Bertz CT molecular complexity index is 971. The quantitative estimate of drug-likeness (QED) is 0.259. The Kier molecular flexibility index (Phi) is 8.38. The van der Waals surface area contributed by atoms with E-state index in [9.17, 15) is 19.6 Å². The molecule has 8 heteroatoms. The molecule has 1 aliphatic heterocycles. The van der Waals surface area contributed by atoms with Crippen LogP contribution in [0, 0.1) is 11.3 Å². The molecule has 0 aromatic heterocycles. The standard InChI is InChI=1S/C23H26N2O6/c1-5-10-31-20-8-7-17(13-21(20)29-4)12-18-15(2)19(14-24)23(28)25(22(18)27)9-6-11-30-16(3)26/h7-8,12-13H,5-6,9-11H2,1-4H3/b18-12-. The number of esters is 1. The van der Waals surface area contributed by atoms with Crippen molar-refractivity contribution in [2.24, 2.45) is 0 Å². The van der Waals surface area contributed by atoms with Gasteiger partial charge in [-0.15, -0.1) is 0 Å². The van der Waals surface area contributed by atoms with Gasteiger partial charge in [0, 0.05) is 19.0 Å². The highest BCUT2D eigenvalue weighted by Gasteiger charge is 2.35. The van der Waals surface area contributed by atoms with Crippen molar-refractivity contribution in [3.8, 4) is 17.6 Å². The first-order valence-corrected chi connectivity index (χ1v) is 9.97. The Morgan fingerprint density at radius 1 is 1.19 bits per heavy atom. The number of imide groups is 1. The van der Waals surface area contributed by atoms with Crippen molar-refractivity contribution >= 4 is 23.9 Å². The number of hydrogen-bond acceptors (Lipinski definition) is 7. The highest BCUT2D eigenvalue weighted by Crippen LogP contribution is 2.31. The summed E-state index contributed by atoms with van der Waals surface area (Å²) in [4.78, 5) is 37.6. The molecule has 0 atom stereocenters. The van der Waals surface area contributed by atoms with Crippen LogP contribution >= 0.6 is 0 Å². The number of hydrogen-bond donors (Lipinski definition) is 0. The Morgan fingerprint density at radius 3 is 2.55 bits per heavy atom. The second kappa shape index (κ2) is 11.0. The summed E-state index contributed by atoms with van der Waals surface area (Å²) in [6.07, 6.45) is 2.75. The van der Waals surface area contributed by atoms with E-state index < -0.39 is 17.8 Å². The molecule has 2 amide bonds. The summed E-state index contributed by atoms with van der Waals surface area (Å²) in [5, 5.41) is 9.47. The fraction of sp³-hybridized carbons (Fsp3) is 0.391. The van der Waals surface area contributed by atoms with E-state index in [0.29, 0.717) is 29.2 Å². The van der Waals surface area contributed by atoms with Gasteiger partial charge in [0.2, 0.25) is 0 Å². The highest BCUT2D eigenvalue weighted by molar-refractivity contribution is 6.19. The van der Waals surface area contributed by atoms with Crippen LogP contribution in [0.2, 0.25) is 0 Å². The maximum atomic E-state index is 13.0. The summed E-state index contributed by atoms with van der Waals surface area (Å²) in [6.45, 7) is 5.52. The summed E-state index contributed by atoms with van der Waals surface area (Å²) < 4.78 is 15.9. The lowest BCUT2D eigenvalue weighted by Gasteiger charge is -2.27. The van der Waals surface area contributed by atoms with Crippen molar-refractivity contribution in [1.82, 2.24) is 4.90 Å².